The van der Waals surface area contributed by atoms with Gasteiger partial charge in [-0.05, 0) is 30.4 Å². The number of pyridine rings is 1. The normalized spacial score (nSPS) is 10.8. The van der Waals surface area contributed by atoms with Gasteiger partial charge in [0.2, 0.25) is 0 Å². The lowest BCUT2D eigenvalue weighted by molar-refractivity contribution is 0.299. The third-order valence-corrected chi connectivity index (χ3v) is 3.43. The van der Waals surface area contributed by atoms with Crippen LogP contribution in [0, 0.1) is 4.77 Å². The van der Waals surface area contributed by atoms with E-state index in [2.05, 4.69) is 9.97 Å². The van der Waals surface area contributed by atoms with Crippen LogP contribution in [0.5, 0.6) is 5.75 Å². The molecule has 0 saturated carbocycles. The lowest BCUT2D eigenvalue weighted by atomic mass is 10.3. The Balaban J connectivity index is 1.78. The summed E-state index contributed by atoms with van der Waals surface area (Å²) in [7, 11) is 0. The number of aromatic nitrogens is 3. The quantitative estimate of drug-likeness (QED) is 0.745. The fourth-order valence-electron chi connectivity index (χ4n) is 2.00. The first kappa shape index (κ1) is 13.1. The van der Waals surface area contributed by atoms with E-state index in [-0.39, 0.29) is 0 Å². The highest BCUT2D eigenvalue weighted by Crippen LogP contribution is 2.16. The summed E-state index contributed by atoms with van der Waals surface area (Å²) in [6, 6.07) is 11.5. The van der Waals surface area contributed by atoms with Crippen LogP contribution in [0.3, 0.4) is 0 Å². The summed E-state index contributed by atoms with van der Waals surface area (Å²) in [5.41, 5.74) is 1.62. The summed E-state index contributed by atoms with van der Waals surface area (Å²) in [5, 5.41) is 0.585. The molecule has 3 aromatic rings. The monoisotopic (exact) mass is 305 g/mol. The number of nitrogens with zero attached hydrogens (tertiary/aromatic N) is 2. The van der Waals surface area contributed by atoms with E-state index in [0.717, 1.165) is 16.9 Å². The van der Waals surface area contributed by atoms with Crippen LogP contribution in [-0.4, -0.2) is 21.1 Å². The van der Waals surface area contributed by atoms with Crippen LogP contribution < -0.4 is 4.74 Å². The second-order valence-electron chi connectivity index (χ2n) is 4.27. The Morgan fingerprint density at radius 1 is 1.30 bits per heavy atom. The van der Waals surface area contributed by atoms with Gasteiger partial charge in [-0.1, -0.05) is 29.8 Å². The number of rotatable bonds is 4. The van der Waals surface area contributed by atoms with Gasteiger partial charge in [0.05, 0.1) is 17.1 Å². The molecule has 0 spiro atoms. The van der Waals surface area contributed by atoms with Gasteiger partial charge in [0.25, 0.3) is 0 Å². The first-order chi connectivity index (χ1) is 9.74. The van der Waals surface area contributed by atoms with Crippen molar-refractivity contribution >= 4 is 35.0 Å². The number of aromatic amines is 1. The Morgan fingerprint density at radius 2 is 2.10 bits per heavy atom. The van der Waals surface area contributed by atoms with Gasteiger partial charge >= 0.3 is 0 Å². The molecule has 20 heavy (non-hydrogen) atoms. The fourth-order valence-corrected chi connectivity index (χ4v) is 2.44. The molecule has 102 valence electrons. The minimum Gasteiger partial charge on any atom is -0.492 e. The minimum absolute atomic E-state index is 0.523. The molecule has 0 aliphatic heterocycles. The van der Waals surface area contributed by atoms with Crippen molar-refractivity contribution in [3.8, 4) is 5.75 Å². The van der Waals surface area contributed by atoms with Gasteiger partial charge in [0.1, 0.15) is 12.4 Å². The van der Waals surface area contributed by atoms with Crippen LogP contribution in [0.15, 0.2) is 42.6 Å². The van der Waals surface area contributed by atoms with E-state index in [4.69, 9.17) is 28.6 Å². The van der Waals surface area contributed by atoms with Crippen molar-refractivity contribution < 1.29 is 4.74 Å². The average molecular weight is 306 g/mol. The number of hydrogen-bond donors (Lipinski definition) is 1. The van der Waals surface area contributed by atoms with Crippen LogP contribution in [0.1, 0.15) is 0 Å². The zero-order valence-corrected chi connectivity index (χ0v) is 12.1. The molecule has 0 aliphatic rings. The van der Waals surface area contributed by atoms with Crippen LogP contribution in [0.25, 0.3) is 11.2 Å². The van der Waals surface area contributed by atoms with Crippen molar-refractivity contribution in [1.82, 2.24) is 14.5 Å². The Morgan fingerprint density at radius 3 is 2.90 bits per heavy atom. The van der Waals surface area contributed by atoms with Crippen molar-refractivity contribution in [2.45, 2.75) is 6.54 Å². The number of fused-ring (bicyclic) bond motifs is 1. The summed E-state index contributed by atoms with van der Waals surface area (Å²) in [5.74, 6) is 0.842. The van der Waals surface area contributed by atoms with Crippen molar-refractivity contribution in [1.29, 1.82) is 0 Å². The summed E-state index contributed by atoms with van der Waals surface area (Å²) in [6.45, 7) is 1.15. The molecule has 2 aromatic heterocycles. The number of halogens is 1. The largest absolute Gasteiger partial charge is 0.492 e. The Labute approximate surface area is 126 Å². The molecule has 0 radical (unpaired) electrons. The highest BCUT2D eigenvalue weighted by Gasteiger charge is 2.06. The van der Waals surface area contributed by atoms with E-state index in [1.165, 1.54) is 0 Å². The molecule has 0 unspecified atom stereocenters. The number of para-hydroxylation sites is 1. The maximum atomic E-state index is 5.91. The second-order valence-corrected chi connectivity index (χ2v) is 5.09. The molecule has 0 atom stereocenters. The molecule has 0 bridgehead atoms. The topological polar surface area (TPSA) is 42.8 Å². The maximum absolute atomic E-state index is 5.91. The van der Waals surface area contributed by atoms with Gasteiger partial charge in [-0.3, -0.25) is 4.57 Å². The predicted octanol–water partition coefficient (Wildman–Crippen LogP) is 3.83. The first-order valence-corrected chi connectivity index (χ1v) is 6.94. The van der Waals surface area contributed by atoms with Crippen molar-refractivity contribution in [2.24, 2.45) is 0 Å². The summed E-state index contributed by atoms with van der Waals surface area (Å²) in [4.78, 5) is 7.40. The molecule has 1 aromatic carbocycles. The maximum Gasteiger partial charge on any atom is 0.179 e. The van der Waals surface area contributed by atoms with Crippen molar-refractivity contribution in [2.75, 3.05) is 6.61 Å². The molecule has 0 fully saturated rings. The van der Waals surface area contributed by atoms with E-state index < -0.39 is 0 Å². The molecule has 1 N–H and O–H groups in total. The molecular formula is C14H12ClN3OS. The number of hydrogen-bond acceptors (Lipinski definition) is 3. The number of imidazole rings is 1. The zero-order chi connectivity index (χ0) is 13.9. The number of H-pyrrole nitrogens is 1. The molecule has 0 saturated heterocycles. The lowest BCUT2D eigenvalue weighted by Gasteiger charge is -2.07. The van der Waals surface area contributed by atoms with Crippen molar-refractivity contribution in [3.63, 3.8) is 0 Å². The van der Waals surface area contributed by atoms with Gasteiger partial charge in [-0.15, -0.1) is 0 Å². The molecule has 0 aliphatic carbocycles. The highest BCUT2D eigenvalue weighted by atomic mass is 35.5. The third kappa shape index (κ3) is 2.69. The molecule has 0 amide bonds. The van der Waals surface area contributed by atoms with E-state index in [1.807, 2.05) is 41.0 Å². The van der Waals surface area contributed by atoms with E-state index in [0.29, 0.717) is 22.9 Å². The van der Waals surface area contributed by atoms with Crippen LogP contribution in [-0.2, 0) is 6.54 Å². The zero-order valence-electron chi connectivity index (χ0n) is 10.5. The SMILES string of the molecule is S=c1[nH]c2cc(Cl)cnc2n1CCOc1ccccc1. The number of ether oxygens (including phenoxy) is 1. The highest BCUT2D eigenvalue weighted by molar-refractivity contribution is 7.71. The molecule has 3 rings (SSSR count). The first-order valence-electron chi connectivity index (χ1n) is 6.16. The van der Waals surface area contributed by atoms with Crippen LogP contribution >= 0.6 is 23.8 Å². The summed E-state index contributed by atoms with van der Waals surface area (Å²) >= 11 is 11.2. The minimum atomic E-state index is 0.523. The van der Waals surface area contributed by atoms with Gasteiger partial charge < -0.3 is 9.72 Å². The Hall–Kier alpha value is -1.85. The van der Waals surface area contributed by atoms with Crippen molar-refractivity contribution in [3.05, 3.63) is 52.4 Å². The van der Waals surface area contributed by atoms with E-state index in [9.17, 15) is 0 Å². The van der Waals surface area contributed by atoms with Gasteiger partial charge in [-0.25, -0.2) is 4.98 Å². The number of benzene rings is 1. The molecule has 4 nitrogen and oxygen atoms in total. The summed E-state index contributed by atoms with van der Waals surface area (Å²) < 4.78 is 8.20. The van der Waals surface area contributed by atoms with E-state index in [1.54, 1.807) is 6.20 Å². The van der Waals surface area contributed by atoms with Gasteiger partial charge in [0.15, 0.2) is 10.4 Å². The predicted molar refractivity (Wildman–Crippen MR) is 81.9 cm³/mol. The van der Waals surface area contributed by atoms with Gasteiger partial charge in [0, 0.05) is 6.20 Å². The Bertz CT molecular complexity index is 782. The number of nitrogens with one attached hydrogen (secondary N) is 1. The molecular weight excluding hydrogens is 294 g/mol. The standard InChI is InChI=1S/C14H12ClN3OS/c15-10-8-12-13(16-9-10)18(14(20)17-12)6-7-19-11-4-2-1-3-5-11/h1-5,8-9H,6-7H2,(H,17,20). The van der Waals surface area contributed by atoms with E-state index >= 15 is 0 Å². The third-order valence-electron chi connectivity index (χ3n) is 2.90. The van der Waals surface area contributed by atoms with Crippen LogP contribution in [0.2, 0.25) is 5.02 Å². The second kappa shape index (κ2) is 5.64. The Kier molecular flexibility index (Phi) is 3.71. The fraction of sp³-hybridized carbons (Fsp3) is 0.143. The molecule has 6 heteroatoms. The average Bonchev–Trinajstić information content (AvgIpc) is 2.75. The van der Waals surface area contributed by atoms with Crippen LogP contribution in [0.4, 0.5) is 0 Å². The summed E-state index contributed by atoms with van der Waals surface area (Å²) in [6.07, 6.45) is 1.61. The lowest BCUT2D eigenvalue weighted by Crippen LogP contribution is -2.08. The molecule has 2 heterocycles. The van der Waals surface area contributed by atoms with Gasteiger partial charge in [-0.2, -0.15) is 0 Å². The smallest absolute Gasteiger partial charge is 0.179 e.